The van der Waals surface area contributed by atoms with Gasteiger partial charge in [-0.1, -0.05) is 118 Å². The third-order valence-electron chi connectivity index (χ3n) is 10.7. The Labute approximate surface area is 441 Å². The van der Waals surface area contributed by atoms with Crippen LogP contribution >= 0.6 is 24.4 Å². The number of ether oxygens (including phenoxy) is 1. The molecule has 0 radical (unpaired) electrons. The molecule has 75 heavy (non-hydrogen) atoms. The molecule has 1 fully saturated rings. The normalized spacial score (nSPS) is 13.4. The Morgan fingerprint density at radius 1 is 0.720 bits per heavy atom. The molecule has 4 aromatic heterocycles. The van der Waals surface area contributed by atoms with Gasteiger partial charge in [0.15, 0.2) is 22.2 Å². The summed E-state index contributed by atoms with van der Waals surface area (Å²) in [5.41, 5.74) is -1.27. The minimum Gasteiger partial charge on any atom is -0.379 e. The van der Waals surface area contributed by atoms with Crippen molar-refractivity contribution in [1.82, 2.24) is 24.0 Å². The number of likely N-dealkylation sites (N-methyl/N-ethyl adjacent to an activating group) is 1. The number of benzene rings is 3. The molecule has 0 bridgehead atoms. The summed E-state index contributed by atoms with van der Waals surface area (Å²) in [5, 5.41) is 5.29. The lowest BCUT2D eigenvalue weighted by Gasteiger charge is -2.21. The summed E-state index contributed by atoms with van der Waals surface area (Å²) in [7, 11) is 2.11. The number of hydrogen-bond donors (Lipinski definition) is 3. The Balaban J connectivity index is 0.000000222. The van der Waals surface area contributed by atoms with E-state index in [2.05, 4.69) is 59.0 Å². The third kappa shape index (κ3) is 16.8. The number of anilines is 3. The molecule has 0 atom stereocenters. The minimum atomic E-state index is -4.78. The summed E-state index contributed by atoms with van der Waals surface area (Å²) < 4.78 is 90.4. The number of carbonyl (C=O) groups excluding carboxylic acids is 1. The first kappa shape index (κ1) is 59.0. The SMILES string of the molecule is CC.CC(C)CS.CN1CCOCC1.O=CCSc1cc(C(F)(F)F)c2c(=O)cc(Nc3ccccc3)n(-c3ccccc3)c2n1.O=c1cc(NC2=CC=CC=CC2)n(-c2ccccc2)c2nccc(C(F)(F)F)c12. The second-order valence-corrected chi connectivity index (χ2v) is 18.1. The predicted octanol–water partition coefficient (Wildman–Crippen LogP) is 13.2. The third-order valence-corrected chi connectivity index (χ3v) is 12.2. The van der Waals surface area contributed by atoms with E-state index in [1.54, 1.807) is 84.9 Å². The summed E-state index contributed by atoms with van der Waals surface area (Å²) in [6.07, 6.45) is 2.21. The molecule has 396 valence electrons. The van der Waals surface area contributed by atoms with Gasteiger partial charge in [-0.15, -0.1) is 0 Å². The second-order valence-electron chi connectivity index (χ2n) is 16.7. The van der Waals surface area contributed by atoms with Gasteiger partial charge in [-0.2, -0.15) is 39.0 Å². The monoisotopic (exact) mass is 1070 g/mol. The largest absolute Gasteiger partial charge is 0.417 e. The zero-order chi connectivity index (χ0) is 54.5. The average molecular weight is 1070 g/mol. The number of halogens is 6. The van der Waals surface area contributed by atoms with Crippen LogP contribution in [0.1, 0.15) is 45.2 Å². The molecule has 0 unspecified atom stereocenters. The van der Waals surface area contributed by atoms with Gasteiger partial charge in [-0.25, -0.2) is 9.97 Å². The molecule has 0 amide bonds. The molecule has 3 aromatic carbocycles. The quantitative estimate of drug-likeness (QED) is 0.0528. The Bertz CT molecular complexity index is 3160. The first-order valence-corrected chi connectivity index (χ1v) is 25.6. The number of nitrogens with one attached hydrogen (secondary N) is 2. The number of aldehydes is 1. The van der Waals surface area contributed by atoms with Crippen molar-refractivity contribution in [2.24, 2.45) is 5.92 Å². The van der Waals surface area contributed by atoms with Gasteiger partial charge in [0.2, 0.25) is 0 Å². The molecule has 2 N–H and O–H groups in total. The van der Waals surface area contributed by atoms with Crippen LogP contribution in [0, 0.1) is 5.92 Å². The Morgan fingerprint density at radius 3 is 1.75 bits per heavy atom. The first-order valence-electron chi connectivity index (χ1n) is 24.0. The van der Waals surface area contributed by atoms with Gasteiger partial charge in [0, 0.05) is 60.6 Å². The Hall–Kier alpha value is -6.93. The van der Waals surface area contributed by atoms with Crippen molar-refractivity contribution >= 4 is 70.1 Å². The molecule has 1 saturated heterocycles. The van der Waals surface area contributed by atoms with Gasteiger partial charge in [-0.3, -0.25) is 18.7 Å². The first-order chi connectivity index (χ1) is 36.0. The van der Waals surface area contributed by atoms with E-state index in [9.17, 15) is 40.7 Å². The molecule has 2 aliphatic rings. The van der Waals surface area contributed by atoms with Crippen LogP contribution in [0.2, 0.25) is 0 Å². The van der Waals surface area contributed by atoms with Crippen molar-refractivity contribution in [2.45, 2.75) is 51.5 Å². The maximum absolute atomic E-state index is 13.9. The molecular formula is C56H59F6N7O4S2. The number of nitrogens with zero attached hydrogens (tertiary/aromatic N) is 5. The number of carbonyl (C=O) groups is 1. The van der Waals surface area contributed by atoms with E-state index in [1.165, 1.54) is 15.2 Å². The Kier molecular flexibility index (Phi) is 22.5. The van der Waals surface area contributed by atoms with Gasteiger partial charge in [0.25, 0.3) is 0 Å². The van der Waals surface area contributed by atoms with E-state index in [4.69, 9.17) is 4.74 Å². The number of alkyl halides is 6. The fourth-order valence-corrected chi connectivity index (χ4v) is 7.79. The molecule has 1 aliphatic heterocycles. The summed E-state index contributed by atoms with van der Waals surface area (Å²) >= 11 is 4.89. The van der Waals surface area contributed by atoms with Crippen molar-refractivity contribution < 1.29 is 35.9 Å². The van der Waals surface area contributed by atoms with Crippen LogP contribution in [0.4, 0.5) is 43.7 Å². The molecule has 0 saturated carbocycles. The van der Waals surface area contributed by atoms with Gasteiger partial charge in [0.05, 0.1) is 45.9 Å². The summed E-state index contributed by atoms with van der Waals surface area (Å²) in [6, 6.07) is 30.4. The number of pyridine rings is 4. The van der Waals surface area contributed by atoms with E-state index in [1.807, 2.05) is 50.3 Å². The van der Waals surface area contributed by atoms with Gasteiger partial charge in [-0.05, 0) is 73.3 Å². The summed E-state index contributed by atoms with van der Waals surface area (Å²) in [4.78, 5) is 47.2. The van der Waals surface area contributed by atoms with E-state index in [0.717, 1.165) is 79.8 Å². The molecule has 9 rings (SSSR count). The highest BCUT2D eigenvalue weighted by Gasteiger charge is 2.36. The number of rotatable bonds is 10. The van der Waals surface area contributed by atoms with Crippen molar-refractivity contribution in [3.63, 3.8) is 0 Å². The number of fused-ring (bicyclic) bond motifs is 2. The molecule has 0 spiro atoms. The number of thioether (sulfide) groups is 1. The van der Waals surface area contributed by atoms with E-state index in [0.29, 0.717) is 35.6 Å². The topological polar surface area (TPSA) is 123 Å². The smallest absolute Gasteiger partial charge is 0.379 e. The summed E-state index contributed by atoms with van der Waals surface area (Å²) in [6.45, 7) is 12.3. The Morgan fingerprint density at radius 2 is 1.24 bits per heavy atom. The highest BCUT2D eigenvalue weighted by molar-refractivity contribution is 7.99. The lowest BCUT2D eigenvalue weighted by atomic mass is 10.1. The molecule has 5 heterocycles. The van der Waals surface area contributed by atoms with Crippen LogP contribution in [0.25, 0.3) is 33.4 Å². The number of morpholine rings is 1. The fraction of sp³-hybridized carbons (Fsp3) is 0.268. The van der Waals surface area contributed by atoms with Crippen LogP contribution < -0.4 is 21.5 Å². The second kappa shape index (κ2) is 28.7. The maximum Gasteiger partial charge on any atom is 0.417 e. The van der Waals surface area contributed by atoms with Crippen LogP contribution in [0.3, 0.4) is 0 Å². The maximum atomic E-state index is 13.9. The lowest BCUT2D eigenvalue weighted by molar-refractivity contribution is -0.137. The molecule has 7 aromatic rings. The van der Waals surface area contributed by atoms with Crippen LogP contribution in [0.5, 0.6) is 0 Å². The van der Waals surface area contributed by atoms with E-state index < -0.39 is 45.1 Å². The minimum absolute atomic E-state index is 0.00197. The number of para-hydroxylation sites is 3. The van der Waals surface area contributed by atoms with Gasteiger partial charge >= 0.3 is 12.4 Å². The highest BCUT2D eigenvalue weighted by Crippen LogP contribution is 2.38. The van der Waals surface area contributed by atoms with Crippen molar-refractivity contribution in [1.29, 1.82) is 0 Å². The fourth-order valence-electron chi connectivity index (χ4n) is 7.20. The highest BCUT2D eigenvalue weighted by atomic mass is 32.2. The summed E-state index contributed by atoms with van der Waals surface area (Å²) in [5.74, 6) is 2.29. The zero-order valence-electron chi connectivity index (χ0n) is 42.0. The molecular weight excluding hydrogens is 1010 g/mol. The van der Waals surface area contributed by atoms with Crippen molar-refractivity contribution in [3.05, 3.63) is 189 Å². The lowest BCUT2D eigenvalue weighted by Crippen LogP contribution is -2.32. The molecule has 1 aliphatic carbocycles. The van der Waals surface area contributed by atoms with E-state index in [-0.39, 0.29) is 27.9 Å². The van der Waals surface area contributed by atoms with Gasteiger partial charge in [0.1, 0.15) is 17.9 Å². The van der Waals surface area contributed by atoms with Crippen molar-refractivity contribution in [3.8, 4) is 11.4 Å². The number of allylic oxidation sites excluding steroid dienone is 5. The zero-order valence-corrected chi connectivity index (χ0v) is 43.7. The van der Waals surface area contributed by atoms with Crippen LogP contribution in [-0.4, -0.2) is 75.1 Å². The average Bonchev–Trinajstić information content (AvgIpc) is 3.68. The van der Waals surface area contributed by atoms with Crippen LogP contribution in [-0.2, 0) is 21.9 Å². The number of hydrogen-bond acceptors (Lipinski definition) is 11. The number of aromatic nitrogens is 4. The molecule has 11 nitrogen and oxygen atoms in total. The molecule has 19 heteroatoms. The number of thiol groups is 1. The van der Waals surface area contributed by atoms with Gasteiger partial charge < -0.3 is 25.1 Å². The standard InChI is InChI=1S/C23H16F3N3O2S.C22H16F3N3O.C5H11NO.C4H10S.C2H6/c24-23(25,26)17-13-20(32-12-11-30)28-22-21(17)18(31)14-19(27-15-7-3-1-4-8-15)29(22)16-9-5-2-6-10-16;23-22(24,25)17-12-13-26-21-20(17)18(29)14-19(27-15-8-4-1-2-5-9-15)28(21)16-10-6-3-7-11-16;1-6-2-4-7-5-3-6;1-4(2)3-5;1-2/h1-11,13-14,27H,12H2;1-8,10-14,27H,9H2;2-5H2,1H3;4-5H,3H2,1-2H3;1-2H3. The van der Waals surface area contributed by atoms with Crippen LogP contribution in [0.15, 0.2) is 172 Å². The predicted molar refractivity (Wildman–Crippen MR) is 294 cm³/mol. The van der Waals surface area contributed by atoms with E-state index >= 15 is 0 Å². The van der Waals surface area contributed by atoms with Crippen molar-refractivity contribution in [2.75, 3.05) is 55.5 Å².